The molecular weight excluding hydrogens is 194 g/mol. The summed E-state index contributed by atoms with van der Waals surface area (Å²) in [7, 11) is 0. The van der Waals surface area contributed by atoms with Gasteiger partial charge in [-0.1, -0.05) is 45.3 Å². The topological polar surface area (TPSA) is 12.0 Å². The molecule has 0 amide bonds. The van der Waals surface area contributed by atoms with Crippen LogP contribution in [0.4, 0.5) is 0 Å². The first-order valence-corrected chi connectivity index (χ1v) is 6.94. The van der Waals surface area contributed by atoms with Gasteiger partial charge in [-0.3, -0.25) is 0 Å². The molecule has 0 bridgehead atoms. The fraction of sp³-hybridized carbons (Fsp3) is 0.733. The molecule has 0 radical (unpaired) electrons. The molecule has 1 N–H and O–H groups in total. The van der Waals surface area contributed by atoms with Gasteiger partial charge in [0.15, 0.2) is 0 Å². The highest BCUT2D eigenvalue weighted by atomic mass is 14.9. The normalized spacial score (nSPS) is 22.9. The van der Waals surface area contributed by atoms with E-state index in [1.165, 1.54) is 56.2 Å². The summed E-state index contributed by atoms with van der Waals surface area (Å²) in [6.07, 6.45) is 14.3. The second-order valence-corrected chi connectivity index (χ2v) is 5.49. The lowest BCUT2D eigenvalue weighted by Gasteiger charge is -2.29. The third kappa shape index (κ3) is 2.90. The van der Waals surface area contributed by atoms with Crippen LogP contribution in [0.15, 0.2) is 23.4 Å². The van der Waals surface area contributed by atoms with E-state index in [-0.39, 0.29) is 0 Å². The smallest absolute Gasteiger partial charge is 0.0333 e. The van der Waals surface area contributed by atoms with Crippen molar-refractivity contribution in [2.75, 3.05) is 0 Å². The van der Waals surface area contributed by atoms with E-state index in [1.807, 2.05) is 0 Å². The van der Waals surface area contributed by atoms with Gasteiger partial charge >= 0.3 is 0 Å². The molecule has 0 aromatic carbocycles. The molecule has 0 heterocycles. The van der Waals surface area contributed by atoms with Gasteiger partial charge in [0.25, 0.3) is 0 Å². The Morgan fingerprint density at radius 1 is 1.06 bits per heavy atom. The van der Waals surface area contributed by atoms with Crippen molar-refractivity contribution >= 4 is 0 Å². The van der Waals surface area contributed by atoms with Crippen molar-refractivity contribution < 1.29 is 0 Å². The Labute approximate surface area is 100 Å². The highest BCUT2D eigenvalue weighted by Crippen LogP contribution is 2.26. The van der Waals surface area contributed by atoms with Gasteiger partial charge in [0.1, 0.15) is 0 Å². The first-order valence-electron chi connectivity index (χ1n) is 6.94. The number of rotatable bonds is 3. The first kappa shape index (κ1) is 11.8. The van der Waals surface area contributed by atoms with Crippen molar-refractivity contribution in [1.82, 2.24) is 5.32 Å². The summed E-state index contributed by atoms with van der Waals surface area (Å²) in [5, 5.41) is 3.78. The first-order chi connectivity index (χ1) is 7.77. The maximum absolute atomic E-state index is 3.78. The average molecular weight is 219 g/mol. The van der Waals surface area contributed by atoms with E-state index in [9.17, 15) is 0 Å². The van der Waals surface area contributed by atoms with Gasteiger partial charge in [-0.05, 0) is 37.2 Å². The molecule has 1 nitrogen and oxygen atoms in total. The molecular formula is C15H25N. The summed E-state index contributed by atoms with van der Waals surface area (Å²) in [4.78, 5) is 0. The van der Waals surface area contributed by atoms with Crippen molar-refractivity contribution in [1.29, 1.82) is 0 Å². The second-order valence-electron chi connectivity index (χ2n) is 5.49. The highest BCUT2D eigenvalue weighted by molar-refractivity contribution is 5.34. The van der Waals surface area contributed by atoms with Crippen LogP contribution in [-0.2, 0) is 0 Å². The standard InChI is InChI=1S/C15H25N/c1-12(2)14-10-6-7-11-15(14)16-13-8-4-3-5-9-13/h10-13,16H,3-9H2,1-2H3. The lowest BCUT2D eigenvalue weighted by atomic mass is 9.91. The fourth-order valence-corrected chi connectivity index (χ4v) is 2.85. The minimum atomic E-state index is 0.655. The predicted octanol–water partition coefficient (Wildman–Crippen LogP) is 4.17. The van der Waals surface area contributed by atoms with Crippen molar-refractivity contribution in [2.45, 2.75) is 64.8 Å². The lowest BCUT2D eigenvalue weighted by molar-refractivity contribution is 0.395. The lowest BCUT2D eigenvalue weighted by Crippen LogP contribution is -2.32. The number of nitrogens with one attached hydrogen (secondary N) is 1. The largest absolute Gasteiger partial charge is 0.382 e. The maximum Gasteiger partial charge on any atom is 0.0333 e. The molecule has 16 heavy (non-hydrogen) atoms. The quantitative estimate of drug-likeness (QED) is 0.751. The molecule has 0 aliphatic heterocycles. The summed E-state index contributed by atoms with van der Waals surface area (Å²) in [5.74, 6) is 0.655. The zero-order valence-electron chi connectivity index (χ0n) is 10.8. The highest BCUT2D eigenvalue weighted by Gasteiger charge is 2.18. The van der Waals surface area contributed by atoms with Gasteiger partial charge in [0, 0.05) is 11.7 Å². The van der Waals surface area contributed by atoms with E-state index >= 15 is 0 Å². The maximum atomic E-state index is 3.78. The number of hydrogen-bond acceptors (Lipinski definition) is 1. The van der Waals surface area contributed by atoms with Crippen LogP contribution in [-0.4, -0.2) is 6.04 Å². The van der Waals surface area contributed by atoms with Gasteiger partial charge < -0.3 is 5.32 Å². The fourth-order valence-electron chi connectivity index (χ4n) is 2.85. The molecule has 1 fully saturated rings. The van der Waals surface area contributed by atoms with Crippen LogP contribution in [0.1, 0.15) is 58.8 Å². The number of hydrogen-bond donors (Lipinski definition) is 1. The zero-order valence-corrected chi connectivity index (χ0v) is 10.8. The van der Waals surface area contributed by atoms with Crippen LogP contribution in [0, 0.1) is 5.92 Å². The molecule has 1 heteroatoms. The van der Waals surface area contributed by atoms with Crippen LogP contribution < -0.4 is 5.32 Å². The van der Waals surface area contributed by atoms with Crippen LogP contribution >= 0.6 is 0 Å². The third-order valence-electron chi connectivity index (χ3n) is 3.78. The zero-order chi connectivity index (χ0) is 11.4. The molecule has 2 aliphatic rings. The molecule has 0 aromatic heterocycles. The second kappa shape index (κ2) is 5.56. The Bertz CT molecular complexity index is 280. The third-order valence-corrected chi connectivity index (χ3v) is 3.78. The summed E-state index contributed by atoms with van der Waals surface area (Å²) in [6.45, 7) is 4.60. The summed E-state index contributed by atoms with van der Waals surface area (Å²) < 4.78 is 0. The molecule has 0 aromatic rings. The Hall–Kier alpha value is -0.720. The van der Waals surface area contributed by atoms with E-state index in [0.717, 1.165) is 6.04 Å². The Morgan fingerprint density at radius 2 is 1.75 bits per heavy atom. The van der Waals surface area contributed by atoms with Crippen molar-refractivity contribution in [3.8, 4) is 0 Å². The van der Waals surface area contributed by atoms with Gasteiger partial charge in [0.2, 0.25) is 0 Å². The van der Waals surface area contributed by atoms with Crippen LogP contribution in [0.3, 0.4) is 0 Å². The van der Waals surface area contributed by atoms with E-state index < -0.39 is 0 Å². The minimum Gasteiger partial charge on any atom is -0.382 e. The summed E-state index contributed by atoms with van der Waals surface area (Å²) in [6, 6.07) is 0.736. The van der Waals surface area contributed by atoms with Gasteiger partial charge in [-0.25, -0.2) is 0 Å². The Morgan fingerprint density at radius 3 is 2.44 bits per heavy atom. The van der Waals surface area contributed by atoms with E-state index in [0.29, 0.717) is 5.92 Å². The van der Waals surface area contributed by atoms with E-state index in [1.54, 1.807) is 0 Å². The van der Waals surface area contributed by atoms with Crippen LogP contribution in [0.5, 0.6) is 0 Å². The molecule has 0 atom stereocenters. The molecule has 0 spiro atoms. The summed E-state index contributed by atoms with van der Waals surface area (Å²) in [5.41, 5.74) is 2.98. The van der Waals surface area contributed by atoms with Crippen LogP contribution in [0.2, 0.25) is 0 Å². The Kier molecular flexibility index (Phi) is 4.09. The van der Waals surface area contributed by atoms with Crippen molar-refractivity contribution in [3.05, 3.63) is 23.4 Å². The van der Waals surface area contributed by atoms with Crippen molar-refractivity contribution in [2.24, 2.45) is 5.92 Å². The number of allylic oxidation sites excluding steroid dienone is 3. The van der Waals surface area contributed by atoms with Gasteiger partial charge in [-0.2, -0.15) is 0 Å². The molecule has 1 saturated carbocycles. The SMILES string of the molecule is CC(C)C1=CCCC=C1NC1CCCCC1. The minimum absolute atomic E-state index is 0.655. The van der Waals surface area contributed by atoms with E-state index in [4.69, 9.17) is 0 Å². The van der Waals surface area contributed by atoms with Gasteiger partial charge in [-0.15, -0.1) is 0 Å². The van der Waals surface area contributed by atoms with Crippen LogP contribution in [0.25, 0.3) is 0 Å². The van der Waals surface area contributed by atoms with E-state index in [2.05, 4.69) is 31.3 Å². The molecule has 2 rings (SSSR count). The molecule has 2 aliphatic carbocycles. The molecule has 0 saturated heterocycles. The monoisotopic (exact) mass is 219 g/mol. The predicted molar refractivity (Wildman–Crippen MR) is 70.2 cm³/mol. The summed E-state index contributed by atoms with van der Waals surface area (Å²) >= 11 is 0. The average Bonchev–Trinajstić information content (AvgIpc) is 2.31. The Balaban J connectivity index is 1.96. The van der Waals surface area contributed by atoms with Gasteiger partial charge in [0.05, 0.1) is 0 Å². The molecule has 0 unspecified atom stereocenters. The molecule has 90 valence electrons. The van der Waals surface area contributed by atoms with Crippen molar-refractivity contribution in [3.63, 3.8) is 0 Å².